The summed E-state index contributed by atoms with van der Waals surface area (Å²) in [5.74, 6) is -0.484. The second-order valence-corrected chi connectivity index (χ2v) is 8.44. The zero-order chi connectivity index (χ0) is 19.0. The molecule has 0 aromatic heterocycles. The van der Waals surface area contributed by atoms with Gasteiger partial charge in [-0.2, -0.15) is 0 Å². The fraction of sp³-hybridized carbons (Fsp3) is 0.882. The Bertz CT molecular complexity index is 575. The highest BCUT2D eigenvalue weighted by Gasteiger charge is 2.49. The lowest BCUT2D eigenvalue weighted by molar-refractivity contribution is -0.130. The predicted octanol–water partition coefficient (Wildman–Crippen LogP) is -1.28. The number of aliphatic imine (C=N–C) groups is 1. The number of hydrazine groups is 1. The van der Waals surface area contributed by atoms with Gasteiger partial charge in [0.1, 0.15) is 0 Å². The van der Waals surface area contributed by atoms with Crippen molar-refractivity contribution in [3.05, 3.63) is 0 Å². The molecule has 0 radical (unpaired) electrons. The molecule has 4 aliphatic rings. The Morgan fingerprint density at radius 2 is 2.30 bits per heavy atom. The van der Waals surface area contributed by atoms with Crippen molar-refractivity contribution >= 4 is 23.7 Å². The third-order valence-corrected chi connectivity index (χ3v) is 6.03. The first-order chi connectivity index (χ1) is 13.0. The van der Waals surface area contributed by atoms with E-state index < -0.39 is 12.1 Å². The molecule has 4 aliphatic heterocycles. The molecule has 9 nitrogen and oxygen atoms in total. The van der Waals surface area contributed by atoms with E-state index in [1.54, 1.807) is 6.21 Å². The van der Waals surface area contributed by atoms with Gasteiger partial charge in [0.05, 0.1) is 48.5 Å². The monoisotopic (exact) mass is 400 g/mol. The number of halogens is 1. The predicted molar refractivity (Wildman–Crippen MR) is 101 cm³/mol. The fourth-order valence-corrected chi connectivity index (χ4v) is 4.83. The summed E-state index contributed by atoms with van der Waals surface area (Å²) in [6.45, 7) is 3.45. The summed E-state index contributed by atoms with van der Waals surface area (Å²) >= 11 is 6.30. The molecule has 0 spiro atoms. The molecule has 6 unspecified atom stereocenters. The molecule has 0 saturated carbocycles. The van der Waals surface area contributed by atoms with Crippen LogP contribution >= 0.6 is 11.6 Å². The van der Waals surface area contributed by atoms with Crippen LogP contribution in [0.15, 0.2) is 4.99 Å². The van der Waals surface area contributed by atoms with E-state index in [-0.39, 0.29) is 35.7 Å². The van der Waals surface area contributed by atoms with E-state index >= 15 is 0 Å². The molecular weight excluding hydrogens is 372 g/mol. The van der Waals surface area contributed by atoms with Crippen molar-refractivity contribution in [1.29, 1.82) is 0 Å². The fourth-order valence-electron chi connectivity index (χ4n) is 4.47. The van der Waals surface area contributed by atoms with Crippen molar-refractivity contribution in [1.82, 2.24) is 20.7 Å². The van der Waals surface area contributed by atoms with E-state index in [0.717, 1.165) is 26.0 Å². The number of hydrogen-bond acceptors (Lipinski definition) is 8. The molecule has 0 aromatic rings. The molecule has 3 saturated heterocycles. The van der Waals surface area contributed by atoms with Crippen LogP contribution in [0.3, 0.4) is 0 Å². The standard InChI is InChI=1S/C17H29ClN6O3/c1-23-7-10(18)8-24-17(23)14(15(19)22-24)16(25)21-12-6-20-4-2-13(12)27-11-3-5-26-9-11/h6,10-15,17,22H,2-5,7-9,19H2,1H3,(H,21,25)/t10?,11-,12?,13?,14?,15?,17?/m0/s1. The van der Waals surface area contributed by atoms with Crippen molar-refractivity contribution < 1.29 is 14.3 Å². The van der Waals surface area contributed by atoms with E-state index in [1.807, 2.05) is 12.1 Å². The van der Waals surface area contributed by atoms with Crippen LogP contribution in [0.25, 0.3) is 0 Å². The first kappa shape index (κ1) is 19.5. The SMILES string of the molecule is CN1CC(Cl)CN2NC(N)C(C(=O)NC3C=NCCC3O[C@H]3CCOC3)C12. The number of nitrogens with one attached hydrogen (secondary N) is 2. The van der Waals surface area contributed by atoms with Crippen LogP contribution in [0.5, 0.6) is 0 Å². The number of carbonyl (C=O) groups is 1. The maximum absolute atomic E-state index is 13.1. The molecule has 7 atom stereocenters. The lowest BCUT2D eigenvalue weighted by atomic mass is 9.98. The summed E-state index contributed by atoms with van der Waals surface area (Å²) in [7, 11) is 1.97. The second kappa shape index (κ2) is 8.28. The minimum absolute atomic E-state index is 0.00431. The second-order valence-electron chi connectivity index (χ2n) is 7.82. The number of rotatable bonds is 4. The number of hydrogen-bond donors (Lipinski definition) is 3. The highest BCUT2D eigenvalue weighted by atomic mass is 35.5. The maximum atomic E-state index is 13.1. The Morgan fingerprint density at radius 3 is 3.07 bits per heavy atom. The van der Waals surface area contributed by atoms with Gasteiger partial charge >= 0.3 is 0 Å². The summed E-state index contributed by atoms with van der Waals surface area (Å²) in [6, 6.07) is -0.247. The molecule has 27 heavy (non-hydrogen) atoms. The maximum Gasteiger partial charge on any atom is 0.229 e. The van der Waals surface area contributed by atoms with E-state index in [0.29, 0.717) is 19.7 Å². The molecule has 3 fully saturated rings. The number of carbonyl (C=O) groups excluding carboxylic acids is 1. The van der Waals surface area contributed by atoms with Gasteiger partial charge in [-0.3, -0.25) is 14.7 Å². The summed E-state index contributed by atoms with van der Waals surface area (Å²) in [6.07, 6.45) is 2.92. The van der Waals surface area contributed by atoms with Gasteiger partial charge in [-0.05, 0) is 19.9 Å². The van der Waals surface area contributed by atoms with E-state index in [2.05, 4.69) is 20.6 Å². The summed E-state index contributed by atoms with van der Waals surface area (Å²) < 4.78 is 11.6. The number of fused-ring (bicyclic) bond motifs is 1. The summed E-state index contributed by atoms with van der Waals surface area (Å²) in [5.41, 5.74) is 9.45. The van der Waals surface area contributed by atoms with Crippen molar-refractivity contribution in [3.8, 4) is 0 Å². The quantitative estimate of drug-likeness (QED) is 0.505. The third-order valence-electron chi connectivity index (χ3n) is 5.75. The van der Waals surface area contributed by atoms with E-state index in [9.17, 15) is 4.79 Å². The summed E-state index contributed by atoms with van der Waals surface area (Å²) in [5, 5.41) is 5.11. The van der Waals surface area contributed by atoms with Crippen LogP contribution in [0.1, 0.15) is 12.8 Å². The Hall–Kier alpha value is -0.810. The first-order valence-electron chi connectivity index (χ1n) is 9.69. The van der Waals surface area contributed by atoms with Gasteiger partial charge < -0.3 is 20.5 Å². The lowest BCUT2D eigenvalue weighted by Gasteiger charge is -2.41. The van der Waals surface area contributed by atoms with Crippen LogP contribution in [0.4, 0.5) is 0 Å². The summed E-state index contributed by atoms with van der Waals surface area (Å²) in [4.78, 5) is 19.6. The topological polar surface area (TPSA) is 104 Å². The number of alkyl halides is 1. The van der Waals surface area contributed by atoms with E-state index in [4.69, 9.17) is 26.8 Å². The van der Waals surface area contributed by atoms with Gasteiger partial charge in [-0.15, -0.1) is 11.6 Å². The van der Waals surface area contributed by atoms with Crippen LogP contribution in [0.2, 0.25) is 0 Å². The van der Waals surface area contributed by atoms with Crippen molar-refractivity contribution in [2.24, 2.45) is 16.6 Å². The average molecular weight is 401 g/mol. The Labute approximate surface area is 164 Å². The van der Waals surface area contributed by atoms with Crippen LogP contribution in [0, 0.1) is 5.92 Å². The highest BCUT2D eigenvalue weighted by molar-refractivity contribution is 6.21. The van der Waals surface area contributed by atoms with Gasteiger partial charge in [-0.25, -0.2) is 10.4 Å². The molecule has 4 rings (SSSR count). The van der Waals surface area contributed by atoms with E-state index in [1.165, 1.54) is 0 Å². The smallest absolute Gasteiger partial charge is 0.229 e. The molecular formula is C17H29ClN6O3. The molecule has 1 amide bonds. The molecule has 0 aliphatic carbocycles. The first-order valence-corrected chi connectivity index (χ1v) is 10.1. The van der Waals surface area contributed by atoms with Gasteiger partial charge in [0.15, 0.2) is 0 Å². The van der Waals surface area contributed by atoms with Crippen molar-refractivity contribution in [2.75, 3.05) is 39.9 Å². The normalized spacial score (nSPS) is 43.0. The number of nitrogens with zero attached hydrogens (tertiary/aromatic N) is 3. The van der Waals surface area contributed by atoms with Gasteiger partial charge in [0.25, 0.3) is 0 Å². The highest BCUT2D eigenvalue weighted by Crippen LogP contribution is 2.28. The van der Waals surface area contributed by atoms with Crippen LogP contribution in [-0.4, -0.2) is 97.9 Å². The van der Waals surface area contributed by atoms with Gasteiger partial charge in [0.2, 0.25) is 5.91 Å². The molecule has 10 heteroatoms. The number of ether oxygens (including phenoxy) is 2. The molecule has 4 N–H and O–H groups in total. The van der Waals surface area contributed by atoms with Crippen molar-refractivity contribution in [3.63, 3.8) is 0 Å². The number of nitrogens with two attached hydrogens (primary N) is 1. The zero-order valence-electron chi connectivity index (χ0n) is 15.6. The van der Waals surface area contributed by atoms with Gasteiger partial charge in [0, 0.05) is 32.5 Å². The third kappa shape index (κ3) is 4.14. The Balaban J connectivity index is 1.42. The molecule has 152 valence electrons. The largest absolute Gasteiger partial charge is 0.379 e. The Kier molecular flexibility index (Phi) is 5.98. The molecule has 4 heterocycles. The van der Waals surface area contributed by atoms with Crippen molar-refractivity contribution in [2.45, 2.75) is 48.8 Å². The minimum atomic E-state index is -0.456. The minimum Gasteiger partial charge on any atom is -0.379 e. The lowest BCUT2D eigenvalue weighted by Crippen LogP contribution is -2.60. The average Bonchev–Trinajstić information content (AvgIpc) is 3.23. The van der Waals surface area contributed by atoms with Gasteiger partial charge in [-0.1, -0.05) is 0 Å². The molecule has 0 bridgehead atoms. The Morgan fingerprint density at radius 1 is 1.44 bits per heavy atom. The molecule has 0 aromatic carbocycles. The zero-order valence-corrected chi connectivity index (χ0v) is 16.3. The number of amides is 1. The van der Waals surface area contributed by atoms with Crippen LogP contribution in [-0.2, 0) is 14.3 Å². The van der Waals surface area contributed by atoms with Crippen LogP contribution < -0.4 is 16.5 Å².